The molecule has 17 heavy (non-hydrogen) atoms. The van der Waals surface area contributed by atoms with Crippen molar-refractivity contribution in [3.05, 3.63) is 0 Å². The average Bonchev–Trinajstić information content (AvgIpc) is 2.27. The standard InChI is InChI=1S/C13H24N2O2/c1-12(14)9-15(10-12)11-2-5-17-13(8-11)3-6-16-7-4-13/h11H,2-10,14H2,1H3. The molecule has 98 valence electrons. The number of nitrogens with two attached hydrogens (primary N) is 1. The van der Waals surface area contributed by atoms with E-state index in [0.29, 0.717) is 6.04 Å². The van der Waals surface area contributed by atoms with Crippen molar-refractivity contribution in [2.24, 2.45) is 5.73 Å². The lowest BCUT2D eigenvalue weighted by Gasteiger charge is -2.53. The van der Waals surface area contributed by atoms with Crippen LogP contribution in [0.4, 0.5) is 0 Å². The Hall–Kier alpha value is -0.160. The monoisotopic (exact) mass is 240 g/mol. The van der Waals surface area contributed by atoms with Gasteiger partial charge in [-0.25, -0.2) is 0 Å². The molecule has 0 aliphatic carbocycles. The van der Waals surface area contributed by atoms with Gasteiger partial charge in [0, 0.05) is 44.5 Å². The van der Waals surface area contributed by atoms with Gasteiger partial charge < -0.3 is 15.2 Å². The minimum Gasteiger partial charge on any atom is -0.381 e. The van der Waals surface area contributed by atoms with Crippen molar-refractivity contribution >= 4 is 0 Å². The molecule has 0 bridgehead atoms. The maximum Gasteiger partial charge on any atom is 0.0741 e. The first-order valence-corrected chi connectivity index (χ1v) is 6.83. The topological polar surface area (TPSA) is 47.7 Å². The Morgan fingerprint density at radius 3 is 2.53 bits per heavy atom. The normalized spacial score (nSPS) is 36.7. The van der Waals surface area contributed by atoms with Gasteiger partial charge >= 0.3 is 0 Å². The summed E-state index contributed by atoms with van der Waals surface area (Å²) in [6.45, 7) is 6.87. The Balaban J connectivity index is 1.60. The third-order valence-electron chi connectivity index (χ3n) is 4.52. The summed E-state index contributed by atoms with van der Waals surface area (Å²) in [5.74, 6) is 0. The zero-order valence-corrected chi connectivity index (χ0v) is 10.8. The molecule has 0 aromatic carbocycles. The van der Waals surface area contributed by atoms with Gasteiger partial charge in [-0.3, -0.25) is 4.90 Å². The molecule has 4 heteroatoms. The fraction of sp³-hybridized carbons (Fsp3) is 1.00. The number of hydrogen-bond donors (Lipinski definition) is 1. The van der Waals surface area contributed by atoms with Crippen LogP contribution in [-0.2, 0) is 9.47 Å². The summed E-state index contributed by atoms with van der Waals surface area (Å²) in [5.41, 5.74) is 6.25. The van der Waals surface area contributed by atoms with E-state index in [-0.39, 0.29) is 11.1 Å². The fourth-order valence-corrected chi connectivity index (χ4v) is 3.55. The highest BCUT2D eigenvalue weighted by Gasteiger charge is 2.45. The first kappa shape index (κ1) is 11.9. The first-order valence-electron chi connectivity index (χ1n) is 6.83. The quantitative estimate of drug-likeness (QED) is 0.734. The van der Waals surface area contributed by atoms with Crippen LogP contribution >= 0.6 is 0 Å². The van der Waals surface area contributed by atoms with Crippen molar-refractivity contribution in [3.8, 4) is 0 Å². The molecule has 3 rings (SSSR count). The van der Waals surface area contributed by atoms with Crippen molar-refractivity contribution in [3.63, 3.8) is 0 Å². The molecule has 3 aliphatic rings. The molecule has 3 heterocycles. The lowest BCUT2D eigenvalue weighted by atomic mass is 9.81. The molecule has 1 unspecified atom stereocenters. The molecule has 3 saturated heterocycles. The van der Waals surface area contributed by atoms with Crippen LogP contribution in [0.25, 0.3) is 0 Å². The summed E-state index contributed by atoms with van der Waals surface area (Å²) in [4.78, 5) is 2.54. The van der Waals surface area contributed by atoms with Crippen LogP contribution in [0.15, 0.2) is 0 Å². The lowest BCUT2D eigenvalue weighted by molar-refractivity contribution is -0.159. The zero-order valence-electron chi connectivity index (χ0n) is 10.8. The van der Waals surface area contributed by atoms with Crippen LogP contribution < -0.4 is 5.73 Å². The van der Waals surface area contributed by atoms with E-state index in [1.165, 1.54) is 12.8 Å². The van der Waals surface area contributed by atoms with Crippen molar-refractivity contribution < 1.29 is 9.47 Å². The summed E-state index contributed by atoms with van der Waals surface area (Å²) in [6, 6.07) is 0.679. The largest absolute Gasteiger partial charge is 0.381 e. The third kappa shape index (κ3) is 2.36. The lowest BCUT2D eigenvalue weighted by Crippen LogP contribution is -2.69. The van der Waals surface area contributed by atoms with Gasteiger partial charge in [-0.15, -0.1) is 0 Å². The molecule has 3 aliphatic heterocycles. The van der Waals surface area contributed by atoms with Crippen LogP contribution in [0.3, 0.4) is 0 Å². The smallest absolute Gasteiger partial charge is 0.0741 e. The van der Waals surface area contributed by atoms with E-state index in [2.05, 4.69) is 11.8 Å². The van der Waals surface area contributed by atoms with Crippen molar-refractivity contribution in [2.45, 2.75) is 49.8 Å². The fourth-order valence-electron chi connectivity index (χ4n) is 3.55. The molecular weight excluding hydrogens is 216 g/mol. The van der Waals surface area contributed by atoms with Crippen LogP contribution in [-0.4, -0.2) is 55.0 Å². The molecule has 0 aromatic heterocycles. The zero-order chi connectivity index (χ0) is 11.9. The number of rotatable bonds is 1. The average molecular weight is 240 g/mol. The second kappa shape index (κ2) is 4.19. The highest BCUT2D eigenvalue weighted by atomic mass is 16.5. The molecule has 0 amide bonds. The predicted octanol–water partition coefficient (Wildman–Crippen LogP) is 0.748. The van der Waals surface area contributed by atoms with Gasteiger partial charge in [0.15, 0.2) is 0 Å². The maximum absolute atomic E-state index is 6.10. The molecule has 0 saturated carbocycles. The van der Waals surface area contributed by atoms with Gasteiger partial charge in [-0.1, -0.05) is 0 Å². The van der Waals surface area contributed by atoms with Gasteiger partial charge in [0.2, 0.25) is 0 Å². The molecule has 1 atom stereocenters. The van der Waals surface area contributed by atoms with Gasteiger partial charge in [0.05, 0.1) is 5.60 Å². The maximum atomic E-state index is 6.10. The number of ether oxygens (including phenoxy) is 2. The molecule has 2 N–H and O–H groups in total. The SMILES string of the molecule is CC1(N)CN(C2CCOC3(CCOCC3)C2)C1. The van der Waals surface area contributed by atoms with Crippen molar-refractivity contribution in [2.75, 3.05) is 32.9 Å². The summed E-state index contributed by atoms with van der Waals surface area (Å²) in [7, 11) is 0. The molecule has 1 spiro atoms. The van der Waals surface area contributed by atoms with E-state index in [1.807, 2.05) is 0 Å². The minimum absolute atomic E-state index is 0.0428. The minimum atomic E-state index is 0.0428. The van der Waals surface area contributed by atoms with Gasteiger partial charge in [0.1, 0.15) is 0 Å². The number of likely N-dealkylation sites (tertiary alicyclic amines) is 1. The molecule has 3 fully saturated rings. The van der Waals surface area contributed by atoms with E-state index in [0.717, 1.165) is 45.8 Å². The van der Waals surface area contributed by atoms with E-state index >= 15 is 0 Å². The van der Waals surface area contributed by atoms with Crippen LogP contribution in [0, 0.1) is 0 Å². The van der Waals surface area contributed by atoms with E-state index in [9.17, 15) is 0 Å². The summed E-state index contributed by atoms with van der Waals surface area (Å²) in [6.07, 6.45) is 4.47. The number of nitrogens with zero attached hydrogens (tertiary/aromatic N) is 1. The molecule has 0 radical (unpaired) electrons. The second-order valence-corrected chi connectivity index (χ2v) is 6.35. The molecule has 4 nitrogen and oxygen atoms in total. The highest BCUT2D eigenvalue weighted by Crippen LogP contribution is 2.37. The summed E-state index contributed by atoms with van der Waals surface area (Å²) in [5, 5.41) is 0. The Bertz CT molecular complexity index is 274. The highest BCUT2D eigenvalue weighted by molar-refractivity contribution is 5.02. The van der Waals surface area contributed by atoms with Crippen LogP contribution in [0.1, 0.15) is 32.6 Å². The van der Waals surface area contributed by atoms with Crippen molar-refractivity contribution in [1.82, 2.24) is 4.90 Å². The summed E-state index contributed by atoms with van der Waals surface area (Å²) < 4.78 is 11.5. The van der Waals surface area contributed by atoms with E-state index in [4.69, 9.17) is 15.2 Å². The molecular formula is C13H24N2O2. The number of hydrogen-bond acceptors (Lipinski definition) is 4. The Morgan fingerprint density at radius 1 is 1.18 bits per heavy atom. The van der Waals surface area contributed by atoms with Gasteiger partial charge in [-0.2, -0.15) is 0 Å². The van der Waals surface area contributed by atoms with E-state index in [1.54, 1.807) is 0 Å². The van der Waals surface area contributed by atoms with Crippen molar-refractivity contribution in [1.29, 1.82) is 0 Å². The Labute approximate surface area is 103 Å². The third-order valence-corrected chi connectivity index (χ3v) is 4.52. The summed E-state index contributed by atoms with van der Waals surface area (Å²) >= 11 is 0. The predicted molar refractivity (Wildman–Crippen MR) is 65.9 cm³/mol. The Morgan fingerprint density at radius 2 is 1.88 bits per heavy atom. The van der Waals surface area contributed by atoms with Crippen LogP contribution in [0.5, 0.6) is 0 Å². The molecule has 0 aromatic rings. The van der Waals surface area contributed by atoms with Gasteiger partial charge in [-0.05, 0) is 32.6 Å². The first-order chi connectivity index (χ1) is 8.09. The second-order valence-electron chi connectivity index (χ2n) is 6.35. The van der Waals surface area contributed by atoms with Crippen LogP contribution in [0.2, 0.25) is 0 Å². The van der Waals surface area contributed by atoms with Gasteiger partial charge in [0.25, 0.3) is 0 Å². The van der Waals surface area contributed by atoms with E-state index < -0.39 is 0 Å². The Kier molecular flexibility index (Phi) is 2.94.